The Morgan fingerprint density at radius 1 is 1.58 bits per heavy atom. The van der Waals surface area contributed by atoms with Gasteiger partial charge in [-0.05, 0) is 12.1 Å². The molecule has 0 spiro atoms. The van der Waals surface area contributed by atoms with E-state index in [9.17, 15) is 4.39 Å². The molecular weight excluding hydrogens is 155 g/mol. The lowest BCUT2D eigenvalue weighted by atomic mass is 10.3. The third-order valence-electron chi connectivity index (χ3n) is 2.08. The van der Waals surface area contributed by atoms with Gasteiger partial charge in [0.2, 0.25) is 0 Å². The Labute approximate surface area is 69.6 Å². The van der Waals surface area contributed by atoms with Crippen LogP contribution in [0.1, 0.15) is 5.69 Å². The van der Waals surface area contributed by atoms with Crippen molar-refractivity contribution in [2.45, 2.75) is 6.67 Å². The summed E-state index contributed by atoms with van der Waals surface area (Å²) in [6.45, 7) is -0.425. The SMILES string of the molecule is Cn1c(CF)cc2ccncc21. The molecule has 0 radical (unpaired) electrons. The summed E-state index contributed by atoms with van der Waals surface area (Å²) in [6, 6.07) is 3.73. The van der Waals surface area contributed by atoms with Gasteiger partial charge in [0, 0.05) is 24.3 Å². The summed E-state index contributed by atoms with van der Waals surface area (Å²) < 4.78 is 14.2. The summed E-state index contributed by atoms with van der Waals surface area (Å²) in [5.41, 5.74) is 1.67. The second-order valence-corrected chi connectivity index (χ2v) is 2.76. The maximum absolute atomic E-state index is 12.4. The van der Waals surface area contributed by atoms with Crippen LogP contribution >= 0.6 is 0 Å². The number of alkyl halides is 1. The average molecular weight is 164 g/mol. The number of aryl methyl sites for hydroxylation is 1. The molecule has 0 aliphatic heterocycles. The first-order valence-corrected chi connectivity index (χ1v) is 3.77. The van der Waals surface area contributed by atoms with Crippen molar-refractivity contribution in [2.24, 2.45) is 7.05 Å². The summed E-state index contributed by atoms with van der Waals surface area (Å²) in [6.07, 6.45) is 3.46. The van der Waals surface area contributed by atoms with E-state index >= 15 is 0 Å². The van der Waals surface area contributed by atoms with E-state index in [0.717, 1.165) is 10.9 Å². The van der Waals surface area contributed by atoms with Crippen molar-refractivity contribution >= 4 is 10.9 Å². The van der Waals surface area contributed by atoms with Crippen molar-refractivity contribution in [3.05, 3.63) is 30.2 Å². The van der Waals surface area contributed by atoms with Gasteiger partial charge in [0.15, 0.2) is 0 Å². The molecule has 2 rings (SSSR count). The first-order chi connectivity index (χ1) is 5.83. The second-order valence-electron chi connectivity index (χ2n) is 2.76. The van der Waals surface area contributed by atoms with Crippen LogP contribution < -0.4 is 0 Å². The zero-order valence-electron chi connectivity index (χ0n) is 6.79. The first-order valence-electron chi connectivity index (χ1n) is 3.77. The summed E-state index contributed by atoms with van der Waals surface area (Å²) in [4.78, 5) is 3.98. The van der Waals surface area contributed by atoms with E-state index in [2.05, 4.69) is 4.98 Å². The molecule has 12 heavy (non-hydrogen) atoms. The van der Waals surface area contributed by atoms with E-state index in [1.165, 1.54) is 0 Å². The molecule has 3 heteroatoms. The molecule has 0 amide bonds. The second kappa shape index (κ2) is 2.59. The van der Waals surface area contributed by atoms with Gasteiger partial charge in [0.1, 0.15) is 6.67 Å². The van der Waals surface area contributed by atoms with Gasteiger partial charge in [0.05, 0.1) is 11.7 Å². The van der Waals surface area contributed by atoms with Crippen LogP contribution in [-0.4, -0.2) is 9.55 Å². The van der Waals surface area contributed by atoms with Crippen molar-refractivity contribution in [1.29, 1.82) is 0 Å². The first kappa shape index (κ1) is 7.28. The largest absolute Gasteiger partial charge is 0.344 e. The van der Waals surface area contributed by atoms with E-state index < -0.39 is 6.67 Å². The Morgan fingerprint density at radius 3 is 3.08 bits per heavy atom. The molecule has 0 fully saturated rings. The molecule has 2 aromatic rings. The van der Waals surface area contributed by atoms with Crippen LogP contribution in [0.2, 0.25) is 0 Å². The predicted molar refractivity (Wildman–Crippen MR) is 45.5 cm³/mol. The molecule has 0 aliphatic rings. The third-order valence-corrected chi connectivity index (χ3v) is 2.08. The van der Waals surface area contributed by atoms with Crippen LogP contribution in [-0.2, 0) is 13.7 Å². The molecule has 0 N–H and O–H groups in total. The zero-order valence-corrected chi connectivity index (χ0v) is 6.79. The van der Waals surface area contributed by atoms with Gasteiger partial charge in [-0.2, -0.15) is 0 Å². The molecule has 0 saturated carbocycles. The van der Waals surface area contributed by atoms with Crippen molar-refractivity contribution < 1.29 is 4.39 Å². The van der Waals surface area contributed by atoms with E-state index in [-0.39, 0.29) is 0 Å². The minimum absolute atomic E-state index is 0.425. The van der Waals surface area contributed by atoms with E-state index in [1.807, 2.05) is 23.7 Å². The number of hydrogen-bond acceptors (Lipinski definition) is 1. The van der Waals surface area contributed by atoms with Crippen LogP contribution in [0.25, 0.3) is 10.9 Å². The van der Waals surface area contributed by atoms with Crippen LogP contribution in [0.4, 0.5) is 4.39 Å². The van der Waals surface area contributed by atoms with Gasteiger partial charge in [-0.25, -0.2) is 4.39 Å². The normalized spacial score (nSPS) is 10.8. The molecule has 2 aromatic heterocycles. The highest BCUT2D eigenvalue weighted by molar-refractivity contribution is 5.80. The topological polar surface area (TPSA) is 17.8 Å². The predicted octanol–water partition coefficient (Wildman–Crippen LogP) is 2.04. The van der Waals surface area contributed by atoms with E-state index in [4.69, 9.17) is 0 Å². The van der Waals surface area contributed by atoms with Gasteiger partial charge < -0.3 is 4.57 Å². The van der Waals surface area contributed by atoms with Crippen molar-refractivity contribution in [1.82, 2.24) is 9.55 Å². The van der Waals surface area contributed by atoms with E-state index in [0.29, 0.717) is 5.69 Å². The van der Waals surface area contributed by atoms with Crippen LogP contribution in [0, 0.1) is 0 Å². The van der Waals surface area contributed by atoms with Crippen molar-refractivity contribution in [2.75, 3.05) is 0 Å². The van der Waals surface area contributed by atoms with Crippen molar-refractivity contribution in [3.8, 4) is 0 Å². The monoisotopic (exact) mass is 164 g/mol. The standard InChI is InChI=1S/C9H9FN2/c1-12-8(5-10)4-7-2-3-11-6-9(7)12/h2-4,6H,5H2,1H3. The van der Waals surface area contributed by atoms with Gasteiger partial charge in [-0.3, -0.25) is 4.98 Å². The Morgan fingerprint density at radius 2 is 2.42 bits per heavy atom. The lowest BCUT2D eigenvalue weighted by molar-refractivity contribution is 0.467. The minimum Gasteiger partial charge on any atom is -0.344 e. The van der Waals surface area contributed by atoms with E-state index in [1.54, 1.807) is 12.4 Å². The molecule has 0 bridgehead atoms. The number of rotatable bonds is 1. The van der Waals surface area contributed by atoms with Gasteiger partial charge in [0.25, 0.3) is 0 Å². The fraction of sp³-hybridized carbons (Fsp3) is 0.222. The molecule has 2 heterocycles. The number of pyridine rings is 1. The highest BCUT2D eigenvalue weighted by Gasteiger charge is 2.03. The Balaban J connectivity index is 2.78. The molecule has 0 atom stereocenters. The number of nitrogens with zero attached hydrogens (tertiary/aromatic N) is 2. The highest BCUT2D eigenvalue weighted by atomic mass is 19.1. The zero-order chi connectivity index (χ0) is 8.55. The van der Waals surface area contributed by atoms with Crippen LogP contribution in [0.3, 0.4) is 0 Å². The Hall–Kier alpha value is -1.38. The van der Waals surface area contributed by atoms with Gasteiger partial charge >= 0.3 is 0 Å². The van der Waals surface area contributed by atoms with Gasteiger partial charge in [-0.15, -0.1) is 0 Å². The maximum atomic E-state index is 12.4. The number of halogens is 1. The minimum atomic E-state index is -0.425. The third kappa shape index (κ3) is 0.897. The lowest BCUT2D eigenvalue weighted by Gasteiger charge is -1.97. The molecule has 0 saturated heterocycles. The molecule has 0 unspecified atom stereocenters. The summed E-state index contributed by atoms with van der Waals surface area (Å²) in [5, 5.41) is 1.04. The Kier molecular flexibility index (Phi) is 1.57. The quantitative estimate of drug-likeness (QED) is 0.630. The molecule has 62 valence electrons. The molecular formula is C9H9FN2. The maximum Gasteiger partial charge on any atom is 0.129 e. The molecule has 0 aromatic carbocycles. The van der Waals surface area contributed by atoms with Crippen molar-refractivity contribution in [3.63, 3.8) is 0 Å². The summed E-state index contributed by atoms with van der Waals surface area (Å²) >= 11 is 0. The van der Waals surface area contributed by atoms with Crippen LogP contribution in [0.5, 0.6) is 0 Å². The lowest BCUT2D eigenvalue weighted by Crippen LogP contribution is -1.92. The highest BCUT2D eigenvalue weighted by Crippen LogP contribution is 2.17. The smallest absolute Gasteiger partial charge is 0.129 e. The fourth-order valence-corrected chi connectivity index (χ4v) is 1.36. The molecule has 2 nitrogen and oxygen atoms in total. The van der Waals surface area contributed by atoms with Crippen LogP contribution in [0.15, 0.2) is 24.5 Å². The summed E-state index contributed by atoms with van der Waals surface area (Å²) in [5.74, 6) is 0. The average Bonchev–Trinajstić information content (AvgIpc) is 2.44. The Bertz CT molecular complexity index is 406. The molecule has 0 aliphatic carbocycles. The number of fused-ring (bicyclic) bond motifs is 1. The number of hydrogen-bond donors (Lipinski definition) is 0. The summed E-state index contributed by atoms with van der Waals surface area (Å²) in [7, 11) is 1.85. The van der Waals surface area contributed by atoms with Gasteiger partial charge in [-0.1, -0.05) is 0 Å². The fourth-order valence-electron chi connectivity index (χ4n) is 1.36. The number of aromatic nitrogens is 2.